The van der Waals surface area contributed by atoms with E-state index in [4.69, 9.17) is 0 Å². The van der Waals surface area contributed by atoms with Crippen molar-refractivity contribution in [2.75, 3.05) is 0 Å². The Morgan fingerprint density at radius 2 is 2.09 bits per heavy atom. The van der Waals surface area contributed by atoms with Gasteiger partial charge in [-0.15, -0.1) is 15.3 Å². The fraction of sp³-hybridized carbons (Fsp3) is 0.200. The molecule has 4 heterocycles. The number of fused-ring (bicyclic) bond motifs is 3. The van der Waals surface area contributed by atoms with Gasteiger partial charge in [0.2, 0.25) is 0 Å². The van der Waals surface area contributed by atoms with Crippen molar-refractivity contribution >= 4 is 16.8 Å². The maximum atomic E-state index is 12.6. The molecule has 4 aromatic heterocycles. The third kappa shape index (κ3) is 2.24. The topological polar surface area (TPSA) is 90.9 Å². The molecule has 0 bridgehead atoms. The predicted octanol–water partition coefficient (Wildman–Crippen LogP) is 0.840. The largest absolute Gasteiger partial charge is 0.307 e. The monoisotopic (exact) mass is 307 g/mol. The van der Waals surface area contributed by atoms with Gasteiger partial charge in [0, 0.05) is 18.8 Å². The van der Waals surface area contributed by atoms with Crippen molar-refractivity contribution in [2.45, 2.75) is 19.9 Å². The van der Waals surface area contributed by atoms with Crippen LogP contribution in [0.4, 0.5) is 0 Å². The Bertz CT molecular complexity index is 1050. The fourth-order valence-electron chi connectivity index (χ4n) is 2.42. The third-order valence-electron chi connectivity index (χ3n) is 3.59. The maximum Gasteiger partial charge on any atom is 0.280 e. The van der Waals surface area contributed by atoms with Crippen molar-refractivity contribution < 1.29 is 0 Å². The Morgan fingerprint density at radius 1 is 1.17 bits per heavy atom. The Morgan fingerprint density at radius 3 is 2.87 bits per heavy atom. The van der Waals surface area contributed by atoms with Gasteiger partial charge in [0.15, 0.2) is 11.3 Å². The number of hydrogen-bond donors (Lipinski definition) is 0. The van der Waals surface area contributed by atoms with Crippen molar-refractivity contribution in [3.05, 3.63) is 58.5 Å². The molecule has 0 aliphatic rings. The zero-order valence-corrected chi connectivity index (χ0v) is 12.4. The minimum Gasteiger partial charge on any atom is -0.307 e. The van der Waals surface area contributed by atoms with Crippen molar-refractivity contribution in [1.82, 2.24) is 34.3 Å². The highest BCUT2D eigenvalue weighted by Gasteiger charge is 2.12. The zero-order valence-electron chi connectivity index (χ0n) is 12.4. The lowest BCUT2D eigenvalue weighted by Gasteiger charge is -2.06. The second kappa shape index (κ2) is 5.24. The van der Waals surface area contributed by atoms with Gasteiger partial charge in [-0.3, -0.25) is 9.78 Å². The number of pyridine rings is 2. The first-order valence-electron chi connectivity index (χ1n) is 7.27. The third-order valence-corrected chi connectivity index (χ3v) is 3.59. The molecule has 0 fully saturated rings. The smallest absolute Gasteiger partial charge is 0.280 e. The van der Waals surface area contributed by atoms with Crippen LogP contribution in [0.15, 0.2) is 41.5 Å². The first-order chi connectivity index (χ1) is 11.3. The molecule has 0 aliphatic carbocycles. The van der Waals surface area contributed by atoms with Gasteiger partial charge >= 0.3 is 0 Å². The quantitative estimate of drug-likeness (QED) is 0.557. The van der Waals surface area contributed by atoms with E-state index in [0.29, 0.717) is 30.1 Å². The van der Waals surface area contributed by atoms with E-state index in [1.165, 1.54) is 0 Å². The molecule has 0 saturated carbocycles. The molecule has 4 aromatic rings. The van der Waals surface area contributed by atoms with Gasteiger partial charge in [-0.2, -0.15) is 9.50 Å². The molecule has 0 spiro atoms. The van der Waals surface area contributed by atoms with Gasteiger partial charge in [-0.25, -0.2) is 0 Å². The van der Waals surface area contributed by atoms with Crippen LogP contribution in [0.25, 0.3) is 16.8 Å². The van der Waals surface area contributed by atoms with E-state index in [0.717, 1.165) is 5.69 Å². The predicted molar refractivity (Wildman–Crippen MR) is 83.1 cm³/mol. The van der Waals surface area contributed by atoms with Crippen LogP contribution in [0.2, 0.25) is 0 Å². The summed E-state index contributed by atoms with van der Waals surface area (Å²) in [7, 11) is 0. The Balaban J connectivity index is 1.88. The molecular weight excluding hydrogens is 294 g/mol. The lowest BCUT2D eigenvalue weighted by atomic mass is 10.3. The van der Waals surface area contributed by atoms with E-state index in [2.05, 4.69) is 25.3 Å². The number of aryl methyl sites for hydroxylation is 1. The van der Waals surface area contributed by atoms with Crippen LogP contribution in [-0.4, -0.2) is 34.3 Å². The second-order valence-corrected chi connectivity index (χ2v) is 5.10. The fourth-order valence-corrected chi connectivity index (χ4v) is 2.42. The molecule has 0 radical (unpaired) electrons. The van der Waals surface area contributed by atoms with Gasteiger partial charge < -0.3 is 4.57 Å². The van der Waals surface area contributed by atoms with E-state index < -0.39 is 0 Å². The zero-order chi connectivity index (χ0) is 15.8. The highest BCUT2D eigenvalue weighted by Crippen LogP contribution is 2.09. The van der Waals surface area contributed by atoms with Crippen molar-refractivity contribution in [2.24, 2.45) is 0 Å². The van der Waals surface area contributed by atoms with Crippen LogP contribution in [0.3, 0.4) is 0 Å². The van der Waals surface area contributed by atoms with Crippen LogP contribution >= 0.6 is 0 Å². The van der Waals surface area contributed by atoms with Crippen molar-refractivity contribution in [1.29, 1.82) is 0 Å². The lowest BCUT2D eigenvalue weighted by Crippen LogP contribution is -2.22. The number of hydrogen-bond acceptors (Lipinski definition) is 6. The van der Waals surface area contributed by atoms with E-state index in [1.54, 1.807) is 27.5 Å². The number of nitrogens with zero attached hydrogens (tertiary/aromatic N) is 7. The molecule has 0 atom stereocenters. The summed E-state index contributed by atoms with van der Waals surface area (Å²) in [4.78, 5) is 21.1. The molecule has 0 unspecified atom stereocenters. The Kier molecular flexibility index (Phi) is 3.07. The van der Waals surface area contributed by atoms with Gasteiger partial charge in [0.05, 0.1) is 12.2 Å². The minimum atomic E-state index is -0.226. The van der Waals surface area contributed by atoms with Crippen LogP contribution in [0.5, 0.6) is 0 Å². The Hall–Kier alpha value is -3.16. The molecular formula is C15H13N7O. The second-order valence-electron chi connectivity index (χ2n) is 5.10. The normalized spacial score (nSPS) is 11.3. The van der Waals surface area contributed by atoms with E-state index in [9.17, 15) is 4.79 Å². The summed E-state index contributed by atoms with van der Waals surface area (Å²) in [6.45, 7) is 2.34. The van der Waals surface area contributed by atoms with Crippen molar-refractivity contribution in [3.8, 4) is 0 Å². The maximum absolute atomic E-state index is 12.6. The van der Waals surface area contributed by atoms with Crippen LogP contribution < -0.4 is 5.56 Å². The molecule has 0 aliphatic heterocycles. The first-order valence-corrected chi connectivity index (χ1v) is 7.27. The molecule has 0 N–H and O–H groups in total. The van der Waals surface area contributed by atoms with Gasteiger partial charge in [0.25, 0.3) is 11.3 Å². The highest BCUT2D eigenvalue weighted by molar-refractivity contribution is 5.74. The number of aromatic nitrogens is 7. The summed E-state index contributed by atoms with van der Waals surface area (Å²) < 4.78 is 3.12. The average molecular weight is 307 g/mol. The summed E-state index contributed by atoms with van der Waals surface area (Å²) >= 11 is 0. The van der Waals surface area contributed by atoms with E-state index in [-0.39, 0.29) is 11.1 Å². The SMILES string of the molecule is CCc1nc2nnc3c(=O)n(Cc4ccccn4)ccc3n2n1. The summed E-state index contributed by atoms with van der Waals surface area (Å²) in [5.41, 5.74) is 1.45. The number of rotatable bonds is 3. The minimum absolute atomic E-state index is 0.226. The lowest BCUT2D eigenvalue weighted by molar-refractivity contribution is 0.740. The summed E-state index contributed by atoms with van der Waals surface area (Å²) in [6.07, 6.45) is 4.11. The molecule has 8 nitrogen and oxygen atoms in total. The van der Waals surface area contributed by atoms with E-state index >= 15 is 0 Å². The molecule has 23 heavy (non-hydrogen) atoms. The summed E-state index contributed by atoms with van der Waals surface area (Å²) in [6, 6.07) is 7.40. The molecule has 4 rings (SSSR count). The Labute approximate surface area is 130 Å². The molecule has 8 heteroatoms. The van der Waals surface area contributed by atoms with Crippen LogP contribution in [0.1, 0.15) is 18.4 Å². The summed E-state index contributed by atoms with van der Waals surface area (Å²) in [5.74, 6) is 1.07. The summed E-state index contributed by atoms with van der Waals surface area (Å²) in [5, 5.41) is 12.4. The van der Waals surface area contributed by atoms with E-state index in [1.807, 2.05) is 25.1 Å². The molecule has 114 valence electrons. The molecule has 0 aromatic carbocycles. The van der Waals surface area contributed by atoms with Gasteiger partial charge in [-0.05, 0) is 18.2 Å². The van der Waals surface area contributed by atoms with Crippen LogP contribution in [-0.2, 0) is 13.0 Å². The standard InChI is InChI=1S/C15H13N7O/c1-2-12-17-15-19-18-13-11(22(15)20-12)6-8-21(14(13)23)9-10-5-3-4-7-16-10/h3-8H,2,9H2,1H3. The molecule has 0 saturated heterocycles. The average Bonchev–Trinajstić information content (AvgIpc) is 3.02. The highest BCUT2D eigenvalue weighted by atomic mass is 16.1. The first kappa shape index (κ1) is 13.5. The van der Waals surface area contributed by atoms with Gasteiger partial charge in [0.1, 0.15) is 5.52 Å². The van der Waals surface area contributed by atoms with Gasteiger partial charge in [-0.1, -0.05) is 13.0 Å². The van der Waals surface area contributed by atoms with Crippen molar-refractivity contribution in [3.63, 3.8) is 0 Å². The van der Waals surface area contributed by atoms with Crippen LogP contribution in [0, 0.1) is 0 Å². The molecule has 0 amide bonds.